The Labute approximate surface area is 186 Å². The number of piperidine rings is 1. The van der Waals surface area contributed by atoms with Gasteiger partial charge in [-0.2, -0.15) is 0 Å². The van der Waals surface area contributed by atoms with Crippen LogP contribution in [0.4, 0.5) is 0 Å². The van der Waals surface area contributed by atoms with Gasteiger partial charge >= 0.3 is 0 Å². The molecule has 0 aromatic heterocycles. The van der Waals surface area contributed by atoms with Gasteiger partial charge in [0.1, 0.15) is 0 Å². The third-order valence-corrected chi connectivity index (χ3v) is 7.64. The highest BCUT2D eigenvalue weighted by Crippen LogP contribution is 2.52. The summed E-state index contributed by atoms with van der Waals surface area (Å²) in [5.41, 5.74) is 0.624. The quantitative estimate of drug-likeness (QED) is 0.663. The molecule has 1 aliphatic carbocycles. The van der Waals surface area contributed by atoms with Crippen LogP contribution in [-0.4, -0.2) is 47.5 Å². The molecule has 4 nitrogen and oxygen atoms in total. The van der Waals surface area contributed by atoms with Crippen LogP contribution >= 0.6 is 0 Å². The van der Waals surface area contributed by atoms with Gasteiger partial charge in [0.05, 0.1) is 0 Å². The Morgan fingerprint density at radius 1 is 1.03 bits per heavy atom. The van der Waals surface area contributed by atoms with E-state index in [1.807, 2.05) is 37.4 Å². The maximum atomic E-state index is 13.6. The number of carbonyl (C=O) groups excluding carboxylic acids is 1. The van der Waals surface area contributed by atoms with Crippen LogP contribution in [0.5, 0.6) is 0 Å². The normalized spacial score (nSPS) is 24.6. The van der Waals surface area contributed by atoms with Gasteiger partial charge in [-0.3, -0.25) is 9.69 Å². The number of aliphatic hydroxyl groups is 1. The number of amides is 1. The summed E-state index contributed by atoms with van der Waals surface area (Å²) in [5.74, 6) is 1.67. The lowest BCUT2D eigenvalue weighted by Gasteiger charge is -2.37. The van der Waals surface area contributed by atoms with Crippen molar-refractivity contribution in [1.29, 1.82) is 0 Å². The summed E-state index contributed by atoms with van der Waals surface area (Å²) in [6.45, 7) is 8.09. The first-order valence-corrected chi connectivity index (χ1v) is 11.8. The van der Waals surface area contributed by atoms with Crippen molar-refractivity contribution in [3.05, 3.63) is 71.8 Å². The van der Waals surface area contributed by atoms with Crippen LogP contribution in [0.2, 0.25) is 0 Å². The topological polar surface area (TPSA) is 43.8 Å². The summed E-state index contributed by atoms with van der Waals surface area (Å²) in [7, 11) is 1.87. The molecule has 2 aliphatic rings. The van der Waals surface area contributed by atoms with E-state index < -0.39 is 5.60 Å². The molecule has 0 spiro atoms. The SMILES string of the molecule is CCC(CC)[C@@](O)(C(=O)N(C)CC1[C@H]2CN(Cc3ccccc3)C[C@@H]12)c1ccccc1. The summed E-state index contributed by atoms with van der Waals surface area (Å²) in [6.07, 6.45) is 1.54. The van der Waals surface area contributed by atoms with Crippen molar-refractivity contribution in [3.63, 3.8) is 0 Å². The van der Waals surface area contributed by atoms with Gasteiger partial charge in [-0.05, 0) is 41.7 Å². The van der Waals surface area contributed by atoms with Crippen LogP contribution in [-0.2, 0) is 16.9 Å². The first-order valence-electron chi connectivity index (χ1n) is 11.8. The Bertz CT molecular complexity index is 855. The predicted molar refractivity (Wildman–Crippen MR) is 124 cm³/mol. The van der Waals surface area contributed by atoms with Gasteiger partial charge in [0.25, 0.3) is 5.91 Å². The van der Waals surface area contributed by atoms with E-state index in [1.54, 1.807) is 4.90 Å². The second-order valence-electron chi connectivity index (χ2n) is 9.50. The summed E-state index contributed by atoms with van der Waals surface area (Å²) in [4.78, 5) is 17.9. The van der Waals surface area contributed by atoms with Gasteiger partial charge in [0.15, 0.2) is 5.60 Å². The van der Waals surface area contributed by atoms with E-state index >= 15 is 0 Å². The van der Waals surface area contributed by atoms with Crippen molar-refractivity contribution in [1.82, 2.24) is 9.80 Å². The number of likely N-dealkylation sites (tertiary alicyclic amines) is 1. The zero-order valence-corrected chi connectivity index (χ0v) is 19.1. The largest absolute Gasteiger partial charge is 0.375 e. The molecule has 2 fully saturated rings. The highest BCUT2D eigenvalue weighted by Gasteiger charge is 2.56. The Morgan fingerprint density at radius 3 is 2.13 bits per heavy atom. The molecule has 1 aliphatic heterocycles. The first kappa shape index (κ1) is 22.0. The number of benzene rings is 2. The Balaban J connectivity index is 1.38. The lowest BCUT2D eigenvalue weighted by atomic mass is 9.77. The van der Waals surface area contributed by atoms with Gasteiger partial charge in [-0.15, -0.1) is 0 Å². The van der Waals surface area contributed by atoms with Gasteiger partial charge < -0.3 is 10.0 Å². The van der Waals surface area contributed by atoms with E-state index in [4.69, 9.17) is 0 Å². The third kappa shape index (κ3) is 4.28. The predicted octanol–water partition coefficient (Wildman–Crippen LogP) is 4.15. The maximum Gasteiger partial charge on any atom is 0.259 e. The fourth-order valence-corrected chi connectivity index (χ4v) is 5.77. The molecule has 1 saturated heterocycles. The van der Waals surface area contributed by atoms with Gasteiger partial charge in [-0.25, -0.2) is 0 Å². The fraction of sp³-hybridized carbons (Fsp3) is 0.519. The smallest absolute Gasteiger partial charge is 0.259 e. The molecule has 4 heteroatoms. The van der Waals surface area contributed by atoms with E-state index in [0.717, 1.165) is 39.0 Å². The van der Waals surface area contributed by atoms with E-state index in [-0.39, 0.29) is 11.8 Å². The molecule has 1 unspecified atom stereocenters. The molecule has 2 aromatic rings. The van der Waals surface area contributed by atoms with Crippen LogP contribution in [0, 0.1) is 23.7 Å². The van der Waals surface area contributed by atoms with Crippen molar-refractivity contribution in [2.75, 3.05) is 26.7 Å². The number of nitrogens with zero attached hydrogens (tertiary/aromatic N) is 2. The van der Waals surface area contributed by atoms with Crippen molar-refractivity contribution in [3.8, 4) is 0 Å². The average Bonchev–Trinajstić information content (AvgIpc) is 3.23. The summed E-state index contributed by atoms with van der Waals surface area (Å²) >= 11 is 0. The highest BCUT2D eigenvalue weighted by molar-refractivity contribution is 5.86. The Hall–Kier alpha value is -2.17. The minimum Gasteiger partial charge on any atom is -0.375 e. The Morgan fingerprint density at radius 2 is 1.58 bits per heavy atom. The standard InChI is InChI=1S/C27H36N2O2/c1-4-21(5-2)27(31,22-14-10-7-11-15-22)26(30)28(3)17-23-24-18-29(19-25(23)24)16-20-12-8-6-9-13-20/h6-15,21,23-25,31H,4-5,16-19H2,1-3H3/t23?,24-,25+,27-/m0/s1. The molecule has 4 atom stereocenters. The van der Waals surface area contributed by atoms with E-state index in [9.17, 15) is 9.90 Å². The van der Waals surface area contributed by atoms with E-state index in [2.05, 4.69) is 49.1 Å². The maximum absolute atomic E-state index is 13.6. The van der Waals surface area contributed by atoms with Crippen LogP contribution in [0.1, 0.15) is 37.8 Å². The van der Waals surface area contributed by atoms with Crippen molar-refractivity contribution >= 4 is 5.91 Å². The monoisotopic (exact) mass is 420 g/mol. The number of carbonyl (C=O) groups is 1. The second-order valence-corrected chi connectivity index (χ2v) is 9.50. The minimum absolute atomic E-state index is 0.0927. The molecule has 2 aromatic carbocycles. The molecule has 1 saturated carbocycles. The lowest BCUT2D eigenvalue weighted by Crippen LogP contribution is -2.50. The molecule has 0 bridgehead atoms. The number of rotatable bonds is 9. The number of fused-ring (bicyclic) bond motifs is 1. The van der Waals surface area contributed by atoms with Crippen molar-refractivity contribution < 1.29 is 9.90 Å². The molecule has 1 heterocycles. The fourth-order valence-electron chi connectivity index (χ4n) is 5.77. The van der Waals surface area contributed by atoms with Crippen LogP contribution in [0.25, 0.3) is 0 Å². The minimum atomic E-state index is -1.46. The summed E-state index contributed by atoms with van der Waals surface area (Å²) < 4.78 is 0. The summed E-state index contributed by atoms with van der Waals surface area (Å²) in [5, 5.41) is 11.7. The molecule has 1 amide bonds. The third-order valence-electron chi connectivity index (χ3n) is 7.64. The number of likely N-dealkylation sites (N-methyl/N-ethyl adjacent to an activating group) is 1. The van der Waals surface area contributed by atoms with E-state index in [0.29, 0.717) is 23.3 Å². The first-order chi connectivity index (χ1) is 15.0. The highest BCUT2D eigenvalue weighted by atomic mass is 16.3. The van der Waals surface area contributed by atoms with Crippen LogP contribution < -0.4 is 0 Å². The van der Waals surface area contributed by atoms with Crippen molar-refractivity contribution in [2.24, 2.45) is 23.7 Å². The molecule has 0 radical (unpaired) electrons. The van der Waals surface area contributed by atoms with Gasteiger partial charge in [-0.1, -0.05) is 74.5 Å². The molecular formula is C27H36N2O2. The molecule has 4 rings (SSSR count). The second kappa shape index (κ2) is 9.13. The van der Waals surface area contributed by atoms with Gasteiger partial charge in [0.2, 0.25) is 0 Å². The van der Waals surface area contributed by atoms with Gasteiger partial charge in [0, 0.05) is 39.1 Å². The molecular weight excluding hydrogens is 384 g/mol. The summed E-state index contributed by atoms with van der Waals surface area (Å²) in [6, 6.07) is 20.2. The lowest BCUT2D eigenvalue weighted by molar-refractivity contribution is -0.159. The molecule has 166 valence electrons. The average molecular weight is 421 g/mol. The molecule has 1 N–H and O–H groups in total. The van der Waals surface area contributed by atoms with Crippen LogP contribution in [0.15, 0.2) is 60.7 Å². The Kier molecular flexibility index (Phi) is 6.49. The molecule has 31 heavy (non-hydrogen) atoms. The number of hydrogen-bond acceptors (Lipinski definition) is 3. The zero-order valence-electron chi connectivity index (χ0n) is 19.1. The van der Waals surface area contributed by atoms with E-state index in [1.165, 1.54) is 5.56 Å². The zero-order chi connectivity index (χ0) is 22.0. The van der Waals surface area contributed by atoms with Crippen LogP contribution in [0.3, 0.4) is 0 Å². The van der Waals surface area contributed by atoms with Crippen molar-refractivity contribution in [2.45, 2.75) is 38.8 Å². The number of hydrogen-bond donors (Lipinski definition) is 1.